The second kappa shape index (κ2) is 5.43. The highest BCUT2D eigenvalue weighted by molar-refractivity contribution is 5.67. The summed E-state index contributed by atoms with van der Waals surface area (Å²) in [6, 6.07) is 3.34. The summed E-state index contributed by atoms with van der Waals surface area (Å²) in [5.74, 6) is -1.08. The molecule has 1 heterocycles. The van der Waals surface area contributed by atoms with Crippen molar-refractivity contribution in [1.82, 2.24) is 4.98 Å². The minimum atomic E-state index is -1.08. The Morgan fingerprint density at radius 1 is 1.47 bits per heavy atom. The average molecular weight is 211 g/mol. The number of carboxylic acids is 1. The Morgan fingerprint density at radius 3 is 2.73 bits per heavy atom. The first-order valence-corrected chi connectivity index (χ1v) is 4.57. The molecule has 1 aromatic heterocycles. The molecule has 0 bridgehead atoms. The topological polar surface area (TPSA) is 90.7 Å². The summed E-state index contributed by atoms with van der Waals surface area (Å²) in [7, 11) is 0. The van der Waals surface area contributed by atoms with Crippen molar-refractivity contribution in [2.75, 3.05) is 0 Å². The maximum Gasteiger partial charge on any atom is 0.305 e. The summed E-state index contributed by atoms with van der Waals surface area (Å²) in [6.07, 6.45) is 0.767. The lowest BCUT2D eigenvalue weighted by Crippen LogP contribution is -2.16. The largest absolute Gasteiger partial charge is 0.481 e. The number of hydrogen-bond acceptors (Lipinski definition) is 4. The second-order valence-electron chi connectivity index (χ2n) is 3.29. The molecule has 1 aromatic rings. The lowest BCUT2D eigenvalue weighted by molar-refractivity contribution is -0.139. The quantitative estimate of drug-likeness (QED) is 0.653. The number of pyridine rings is 1. The fourth-order valence-corrected chi connectivity index (χ4v) is 1.25. The maximum atomic E-state index is 10.3. The Balaban J connectivity index is 2.49. The molecule has 82 valence electrons. The van der Waals surface area contributed by atoms with Crippen LogP contribution in [0.15, 0.2) is 24.5 Å². The minimum absolute atomic E-state index is 0.00199. The Morgan fingerprint density at radius 2 is 2.20 bits per heavy atom. The third-order valence-corrected chi connectivity index (χ3v) is 1.97. The van der Waals surface area contributed by atoms with Gasteiger partial charge in [0.05, 0.1) is 18.6 Å². The number of rotatable bonds is 5. The van der Waals surface area contributed by atoms with E-state index in [1.54, 1.807) is 18.3 Å². The van der Waals surface area contributed by atoms with E-state index in [0.29, 0.717) is 5.56 Å². The van der Waals surface area contributed by atoms with Crippen LogP contribution in [0.4, 0.5) is 0 Å². The predicted octanol–water partition coefficient (Wildman–Crippen LogP) is 0.341. The summed E-state index contributed by atoms with van der Waals surface area (Å²) in [4.78, 5) is 14.1. The normalized spacial score (nSPS) is 14.5. The van der Waals surface area contributed by atoms with E-state index in [4.69, 9.17) is 5.11 Å². The summed E-state index contributed by atoms with van der Waals surface area (Å²) in [6.45, 7) is 0. The fraction of sp³-hybridized carbons (Fsp3) is 0.400. The maximum absolute atomic E-state index is 10.3. The molecule has 2 atom stereocenters. The van der Waals surface area contributed by atoms with E-state index in [1.165, 1.54) is 6.20 Å². The summed E-state index contributed by atoms with van der Waals surface area (Å²) >= 11 is 0. The van der Waals surface area contributed by atoms with E-state index in [9.17, 15) is 15.0 Å². The number of carbonyl (C=O) groups is 1. The molecule has 0 radical (unpaired) electrons. The zero-order valence-corrected chi connectivity index (χ0v) is 8.08. The van der Waals surface area contributed by atoms with Crippen molar-refractivity contribution in [2.45, 2.75) is 25.0 Å². The molecule has 0 aromatic carbocycles. The van der Waals surface area contributed by atoms with Crippen molar-refractivity contribution in [2.24, 2.45) is 0 Å². The standard InChI is InChI=1S/C10H13NO4/c12-8(5-10(14)15)4-9(13)7-2-1-3-11-6-7/h1-3,6,8-9,12-13H,4-5H2,(H,14,15). The molecule has 0 saturated heterocycles. The lowest BCUT2D eigenvalue weighted by Gasteiger charge is -2.13. The highest BCUT2D eigenvalue weighted by Crippen LogP contribution is 2.18. The zero-order chi connectivity index (χ0) is 11.3. The molecule has 15 heavy (non-hydrogen) atoms. The van der Waals surface area contributed by atoms with Gasteiger partial charge in [-0.2, -0.15) is 0 Å². The first kappa shape index (κ1) is 11.6. The summed E-state index contributed by atoms with van der Waals surface area (Å²) in [5, 5.41) is 27.3. The Bertz CT molecular complexity index is 314. The highest BCUT2D eigenvalue weighted by atomic mass is 16.4. The molecule has 5 heteroatoms. The second-order valence-corrected chi connectivity index (χ2v) is 3.29. The third-order valence-electron chi connectivity index (χ3n) is 1.97. The van der Waals surface area contributed by atoms with Gasteiger partial charge in [-0.1, -0.05) is 6.07 Å². The van der Waals surface area contributed by atoms with E-state index in [1.807, 2.05) is 0 Å². The van der Waals surface area contributed by atoms with Crippen molar-refractivity contribution in [1.29, 1.82) is 0 Å². The summed E-state index contributed by atoms with van der Waals surface area (Å²) < 4.78 is 0. The molecule has 2 unspecified atom stereocenters. The van der Waals surface area contributed by atoms with Crippen LogP contribution in [0.3, 0.4) is 0 Å². The van der Waals surface area contributed by atoms with Crippen LogP contribution in [0.25, 0.3) is 0 Å². The number of aliphatic hydroxyl groups excluding tert-OH is 2. The first-order valence-electron chi connectivity index (χ1n) is 4.57. The minimum Gasteiger partial charge on any atom is -0.481 e. The zero-order valence-electron chi connectivity index (χ0n) is 8.08. The van der Waals surface area contributed by atoms with Gasteiger partial charge in [0, 0.05) is 18.8 Å². The lowest BCUT2D eigenvalue weighted by atomic mass is 10.0. The van der Waals surface area contributed by atoms with Crippen molar-refractivity contribution < 1.29 is 20.1 Å². The third kappa shape index (κ3) is 4.05. The Labute approximate surface area is 87.0 Å². The monoisotopic (exact) mass is 211 g/mol. The molecular formula is C10H13NO4. The van der Waals surface area contributed by atoms with Crippen LogP contribution in [0.1, 0.15) is 24.5 Å². The number of aliphatic carboxylic acids is 1. The van der Waals surface area contributed by atoms with Gasteiger partial charge >= 0.3 is 5.97 Å². The van der Waals surface area contributed by atoms with Crippen LogP contribution < -0.4 is 0 Å². The number of aliphatic hydroxyl groups is 2. The van der Waals surface area contributed by atoms with Crippen LogP contribution in [0.5, 0.6) is 0 Å². The molecule has 0 spiro atoms. The van der Waals surface area contributed by atoms with Gasteiger partial charge in [-0.05, 0) is 11.6 Å². The van der Waals surface area contributed by atoms with Gasteiger partial charge in [-0.25, -0.2) is 0 Å². The smallest absolute Gasteiger partial charge is 0.305 e. The highest BCUT2D eigenvalue weighted by Gasteiger charge is 2.16. The SMILES string of the molecule is O=C(O)CC(O)CC(O)c1cccnc1. The van der Waals surface area contributed by atoms with Gasteiger partial charge in [0.15, 0.2) is 0 Å². The molecule has 0 saturated carbocycles. The van der Waals surface area contributed by atoms with Crippen LogP contribution in [0.2, 0.25) is 0 Å². The van der Waals surface area contributed by atoms with Gasteiger partial charge in [0.25, 0.3) is 0 Å². The van der Waals surface area contributed by atoms with Crippen molar-refractivity contribution in [3.05, 3.63) is 30.1 Å². The molecule has 0 aliphatic rings. The molecule has 0 aliphatic carbocycles. The molecule has 0 amide bonds. The van der Waals surface area contributed by atoms with E-state index in [2.05, 4.69) is 4.98 Å². The molecule has 5 nitrogen and oxygen atoms in total. The van der Waals surface area contributed by atoms with E-state index >= 15 is 0 Å². The van der Waals surface area contributed by atoms with Crippen molar-refractivity contribution in [3.63, 3.8) is 0 Å². The number of hydrogen-bond donors (Lipinski definition) is 3. The molecular weight excluding hydrogens is 198 g/mol. The molecule has 0 fully saturated rings. The van der Waals surface area contributed by atoms with Gasteiger partial charge in [-0.15, -0.1) is 0 Å². The van der Waals surface area contributed by atoms with Crippen LogP contribution in [-0.2, 0) is 4.79 Å². The Kier molecular flexibility index (Phi) is 4.20. The van der Waals surface area contributed by atoms with E-state index in [0.717, 1.165) is 0 Å². The number of aromatic nitrogens is 1. The Hall–Kier alpha value is -1.46. The first-order chi connectivity index (χ1) is 7.09. The van der Waals surface area contributed by atoms with E-state index < -0.39 is 18.2 Å². The van der Waals surface area contributed by atoms with Crippen LogP contribution in [-0.4, -0.2) is 32.4 Å². The molecule has 3 N–H and O–H groups in total. The van der Waals surface area contributed by atoms with Crippen LogP contribution in [0, 0.1) is 0 Å². The number of nitrogens with zero attached hydrogens (tertiary/aromatic N) is 1. The van der Waals surface area contributed by atoms with Crippen molar-refractivity contribution >= 4 is 5.97 Å². The van der Waals surface area contributed by atoms with Crippen LogP contribution >= 0.6 is 0 Å². The average Bonchev–Trinajstić information content (AvgIpc) is 2.17. The van der Waals surface area contributed by atoms with Gasteiger partial charge < -0.3 is 15.3 Å². The molecule has 0 aliphatic heterocycles. The van der Waals surface area contributed by atoms with Gasteiger partial charge in [0.1, 0.15) is 0 Å². The van der Waals surface area contributed by atoms with Crippen molar-refractivity contribution in [3.8, 4) is 0 Å². The summed E-state index contributed by atoms with van der Waals surface area (Å²) in [5.41, 5.74) is 0.571. The fourth-order valence-electron chi connectivity index (χ4n) is 1.25. The van der Waals surface area contributed by atoms with Gasteiger partial charge in [-0.3, -0.25) is 9.78 Å². The number of carboxylic acid groups (broad SMARTS) is 1. The predicted molar refractivity (Wildman–Crippen MR) is 52.1 cm³/mol. The van der Waals surface area contributed by atoms with E-state index in [-0.39, 0.29) is 12.8 Å². The van der Waals surface area contributed by atoms with Gasteiger partial charge in [0.2, 0.25) is 0 Å². The molecule has 1 rings (SSSR count).